The minimum absolute atomic E-state index is 0.0956. The van der Waals surface area contributed by atoms with E-state index in [1.807, 2.05) is 6.07 Å². The van der Waals surface area contributed by atoms with Gasteiger partial charge in [-0.1, -0.05) is 39.0 Å². The third-order valence-electron chi connectivity index (χ3n) is 3.95. The van der Waals surface area contributed by atoms with Gasteiger partial charge in [-0.25, -0.2) is 0 Å². The van der Waals surface area contributed by atoms with Gasteiger partial charge in [-0.15, -0.1) is 0 Å². The highest BCUT2D eigenvalue weighted by atomic mass is 16.4. The van der Waals surface area contributed by atoms with Gasteiger partial charge in [0.15, 0.2) is 0 Å². The minimum Gasteiger partial charge on any atom is -0.480 e. The van der Waals surface area contributed by atoms with E-state index in [0.29, 0.717) is 0 Å². The number of hydrogen-bond donors (Lipinski definition) is 3. The fourth-order valence-electron chi connectivity index (χ4n) is 2.70. The van der Waals surface area contributed by atoms with E-state index >= 15 is 0 Å². The molecule has 1 aromatic rings. The lowest BCUT2D eigenvalue weighted by Crippen LogP contribution is -2.41. The average Bonchev–Trinajstić information content (AvgIpc) is 2.36. The number of aryl methyl sites for hydroxylation is 1. The van der Waals surface area contributed by atoms with Crippen LogP contribution in [0.1, 0.15) is 50.0 Å². The fourth-order valence-corrected chi connectivity index (χ4v) is 2.70. The Morgan fingerprint density at radius 3 is 2.70 bits per heavy atom. The molecule has 0 bridgehead atoms. The number of fused-ring (bicyclic) bond motifs is 1. The number of nitrogens with one attached hydrogen (secondary N) is 1. The highest BCUT2D eigenvalue weighted by molar-refractivity contribution is 5.69. The number of benzene rings is 1. The molecule has 1 aliphatic rings. The lowest BCUT2D eigenvalue weighted by atomic mass is 9.80. The second-order valence-corrected chi connectivity index (χ2v) is 6.53. The molecular weight excluding hydrogens is 254 g/mol. The number of aliphatic hydroxyl groups is 1. The first-order valence-electron chi connectivity index (χ1n) is 7.05. The van der Waals surface area contributed by atoms with Crippen molar-refractivity contribution in [1.29, 1.82) is 0 Å². The van der Waals surface area contributed by atoms with E-state index in [2.05, 4.69) is 38.2 Å². The van der Waals surface area contributed by atoms with Gasteiger partial charge in [-0.3, -0.25) is 4.79 Å². The monoisotopic (exact) mass is 277 g/mol. The van der Waals surface area contributed by atoms with E-state index in [1.54, 1.807) is 0 Å². The summed E-state index contributed by atoms with van der Waals surface area (Å²) in [5.41, 5.74) is 3.46. The number of carboxylic acids is 1. The summed E-state index contributed by atoms with van der Waals surface area (Å²) in [4.78, 5) is 10.6. The van der Waals surface area contributed by atoms with Gasteiger partial charge in [0, 0.05) is 6.04 Å². The Morgan fingerprint density at radius 2 is 2.10 bits per heavy atom. The van der Waals surface area contributed by atoms with Crippen molar-refractivity contribution in [2.75, 3.05) is 6.54 Å². The Morgan fingerprint density at radius 1 is 1.40 bits per heavy atom. The van der Waals surface area contributed by atoms with Gasteiger partial charge >= 0.3 is 5.97 Å². The maximum absolute atomic E-state index is 10.6. The van der Waals surface area contributed by atoms with E-state index in [9.17, 15) is 9.90 Å². The second kappa shape index (κ2) is 5.54. The van der Waals surface area contributed by atoms with Crippen LogP contribution in [0.25, 0.3) is 0 Å². The summed E-state index contributed by atoms with van der Waals surface area (Å²) in [6.45, 7) is 6.40. The molecule has 0 saturated carbocycles. The zero-order chi connectivity index (χ0) is 14.9. The van der Waals surface area contributed by atoms with Crippen LogP contribution in [-0.2, 0) is 16.6 Å². The van der Waals surface area contributed by atoms with E-state index in [1.165, 1.54) is 11.1 Å². The Labute approximate surface area is 119 Å². The summed E-state index contributed by atoms with van der Waals surface area (Å²) in [7, 11) is 0. The molecule has 2 rings (SSSR count). The summed E-state index contributed by atoms with van der Waals surface area (Å²) in [5, 5.41) is 22.0. The van der Waals surface area contributed by atoms with Crippen molar-refractivity contribution in [1.82, 2.24) is 5.32 Å². The molecule has 0 aliphatic heterocycles. The zero-order valence-corrected chi connectivity index (χ0v) is 12.3. The quantitative estimate of drug-likeness (QED) is 0.790. The molecule has 2 unspecified atom stereocenters. The molecule has 2 atom stereocenters. The molecule has 0 fully saturated rings. The van der Waals surface area contributed by atoms with Gasteiger partial charge in [0.2, 0.25) is 0 Å². The number of hydrogen-bond acceptors (Lipinski definition) is 3. The highest BCUT2D eigenvalue weighted by Gasteiger charge is 2.29. The molecular formula is C16H23NO3. The Kier molecular flexibility index (Phi) is 4.16. The van der Waals surface area contributed by atoms with Crippen LogP contribution in [0.2, 0.25) is 0 Å². The molecule has 0 aromatic heterocycles. The summed E-state index contributed by atoms with van der Waals surface area (Å²) < 4.78 is 0. The number of carboxylic acid groups (broad SMARTS) is 1. The number of aliphatic hydroxyl groups excluding tert-OH is 1. The van der Waals surface area contributed by atoms with Gasteiger partial charge in [0.05, 0.1) is 12.6 Å². The Balaban J connectivity index is 2.19. The first kappa shape index (κ1) is 15.0. The molecule has 0 saturated heterocycles. The lowest BCUT2D eigenvalue weighted by Gasteiger charge is -2.32. The maximum atomic E-state index is 10.6. The summed E-state index contributed by atoms with van der Waals surface area (Å²) in [6, 6.07) is 6.03. The predicted molar refractivity (Wildman–Crippen MR) is 77.8 cm³/mol. The number of aliphatic carboxylic acids is 1. The molecule has 1 aromatic carbocycles. The number of carbonyl (C=O) groups is 1. The van der Waals surface area contributed by atoms with Crippen LogP contribution < -0.4 is 5.32 Å². The van der Waals surface area contributed by atoms with E-state index < -0.39 is 12.1 Å². The molecule has 20 heavy (non-hydrogen) atoms. The third kappa shape index (κ3) is 3.19. The van der Waals surface area contributed by atoms with Crippen LogP contribution in [-0.4, -0.2) is 28.8 Å². The van der Waals surface area contributed by atoms with Gasteiger partial charge in [0.1, 0.15) is 0 Å². The predicted octanol–water partition coefficient (Wildman–Crippen LogP) is 2.01. The molecule has 0 radical (unpaired) electrons. The van der Waals surface area contributed by atoms with E-state index in [4.69, 9.17) is 5.11 Å². The SMILES string of the molecule is CC(C)(C)c1ccc2c(c1)CCC(NCC(=O)O)C2O. The van der Waals surface area contributed by atoms with E-state index in [0.717, 1.165) is 18.4 Å². The first-order chi connectivity index (χ1) is 9.29. The molecule has 4 nitrogen and oxygen atoms in total. The largest absolute Gasteiger partial charge is 0.480 e. The van der Waals surface area contributed by atoms with Crippen LogP contribution in [0.5, 0.6) is 0 Å². The van der Waals surface area contributed by atoms with Crippen molar-refractivity contribution in [3.8, 4) is 0 Å². The van der Waals surface area contributed by atoms with Crippen molar-refractivity contribution < 1.29 is 15.0 Å². The van der Waals surface area contributed by atoms with Crippen LogP contribution >= 0.6 is 0 Å². The van der Waals surface area contributed by atoms with Crippen molar-refractivity contribution in [3.63, 3.8) is 0 Å². The van der Waals surface area contributed by atoms with Crippen LogP contribution in [0.4, 0.5) is 0 Å². The van der Waals surface area contributed by atoms with Crippen molar-refractivity contribution >= 4 is 5.97 Å². The zero-order valence-electron chi connectivity index (χ0n) is 12.3. The lowest BCUT2D eigenvalue weighted by molar-refractivity contribution is -0.136. The first-order valence-corrected chi connectivity index (χ1v) is 7.05. The molecule has 1 aliphatic carbocycles. The van der Waals surface area contributed by atoms with Crippen LogP contribution in [0, 0.1) is 0 Å². The van der Waals surface area contributed by atoms with Crippen molar-refractivity contribution in [2.24, 2.45) is 0 Å². The fraction of sp³-hybridized carbons (Fsp3) is 0.562. The van der Waals surface area contributed by atoms with Crippen LogP contribution in [0.15, 0.2) is 18.2 Å². The Bertz CT molecular complexity index is 505. The highest BCUT2D eigenvalue weighted by Crippen LogP contribution is 2.33. The minimum atomic E-state index is -0.897. The molecule has 3 N–H and O–H groups in total. The van der Waals surface area contributed by atoms with Gasteiger partial charge in [-0.05, 0) is 34.9 Å². The molecule has 110 valence electrons. The smallest absolute Gasteiger partial charge is 0.317 e. The van der Waals surface area contributed by atoms with Crippen molar-refractivity contribution in [2.45, 2.75) is 51.2 Å². The topological polar surface area (TPSA) is 69.6 Å². The number of rotatable bonds is 3. The summed E-state index contributed by atoms with van der Waals surface area (Å²) in [6.07, 6.45) is 0.995. The van der Waals surface area contributed by atoms with E-state index in [-0.39, 0.29) is 18.0 Å². The van der Waals surface area contributed by atoms with Gasteiger partial charge in [-0.2, -0.15) is 0 Å². The Hall–Kier alpha value is -1.39. The second-order valence-electron chi connectivity index (χ2n) is 6.53. The average molecular weight is 277 g/mol. The molecule has 4 heteroatoms. The summed E-state index contributed by atoms with van der Waals surface area (Å²) in [5.74, 6) is -0.897. The van der Waals surface area contributed by atoms with Crippen molar-refractivity contribution in [3.05, 3.63) is 34.9 Å². The summed E-state index contributed by atoms with van der Waals surface area (Å²) >= 11 is 0. The molecule has 0 amide bonds. The van der Waals surface area contributed by atoms with Gasteiger partial charge in [0.25, 0.3) is 0 Å². The molecule has 0 spiro atoms. The standard InChI is InChI=1S/C16H23NO3/c1-16(2,3)11-5-6-12-10(8-11)4-7-13(15(12)20)17-9-14(18)19/h5-6,8,13,15,17,20H,4,7,9H2,1-3H3,(H,18,19). The maximum Gasteiger partial charge on any atom is 0.317 e. The normalized spacial score (nSPS) is 22.4. The third-order valence-corrected chi connectivity index (χ3v) is 3.95. The van der Waals surface area contributed by atoms with Gasteiger partial charge < -0.3 is 15.5 Å². The van der Waals surface area contributed by atoms with Crippen LogP contribution in [0.3, 0.4) is 0 Å². The molecule has 0 heterocycles.